The number of nitrogens with one attached hydrogen (secondary N) is 2. The molecular formula is C18H27Cl2N3O3. The van der Waals surface area contributed by atoms with Gasteiger partial charge in [-0.05, 0) is 6.92 Å². The zero-order valence-electron chi connectivity index (χ0n) is 15.1. The Kier molecular flexibility index (Phi) is 12.7. The first-order valence-electron chi connectivity index (χ1n) is 8.17. The molecule has 6 nitrogen and oxygen atoms in total. The van der Waals surface area contributed by atoms with Gasteiger partial charge in [-0.2, -0.15) is 0 Å². The van der Waals surface area contributed by atoms with E-state index in [1.54, 1.807) is 13.3 Å². The highest BCUT2D eigenvalue weighted by Gasteiger charge is 2.08. The number of carbonyl (C=O) groups is 1. The molecule has 2 rings (SSSR count). The summed E-state index contributed by atoms with van der Waals surface area (Å²) in [6, 6.07) is 8.07. The molecule has 0 fully saturated rings. The summed E-state index contributed by atoms with van der Waals surface area (Å²) in [6.07, 6.45) is 2.57. The van der Waals surface area contributed by atoms with Gasteiger partial charge >= 0.3 is 0 Å². The molecule has 0 aliphatic carbocycles. The Labute approximate surface area is 166 Å². The number of nitrogens with zero attached hydrogens (tertiary/aromatic N) is 1. The van der Waals surface area contributed by atoms with Crippen molar-refractivity contribution in [2.45, 2.75) is 19.8 Å². The smallest absolute Gasteiger partial charge is 0.220 e. The fourth-order valence-electron chi connectivity index (χ4n) is 2.18. The highest BCUT2D eigenvalue weighted by molar-refractivity contribution is 5.85. The number of amides is 1. The Hall–Kier alpha value is -1.60. The summed E-state index contributed by atoms with van der Waals surface area (Å²) in [7, 11) is 1.66. The van der Waals surface area contributed by atoms with Crippen molar-refractivity contribution in [3.05, 3.63) is 41.9 Å². The summed E-state index contributed by atoms with van der Waals surface area (Å²) in [4.78, 5) is 16.0. The van der Waals surface area contributed by atoms with E-state index in [9.17, 15) is 4.79 Å². The molecule has 1 amide bonds. The van der Waals surface area contributed by atoms with E-state index in [2.05, 4.69) is 15.6 Å². The Morgan fingerprint density at radius 1 is 1.15 bits per heavy atom. The molecule has 2 N–H and O–H groups in total. The number of hydrogen-bond acceptors (Lipinski definition) is 5. The van der Waals surface area contributed by atoms with Crippen LogP contribution in [0, 0.1) is 6.92 Å². The Bertz CT molecular complexity index is 633. The number of methoxy groups -OCH3 is 1. The fraction of sp³-hybridized carbons (Fsp3) is 0.444. The van der Waals surface area contributed by atoms with Crippen molar-refractivity contribution in [3.8, 4) is 11.3 Å². The summed E-state index contributed by atoms with van der Waals surface area (Å²) in [6.45, 7) is 4.82. The molecule has 2 aromatic rings. The van der Waals surface area contributed by atoms with E-state index >= 15 is 0 Å². The summed E-state index contributed by atoms with van der Waals surface area (Å²) in [5.74, 6) is 1.31. The average molecular weight is 404 g/mol. The van der Waals surface area contributed by atoms with Gasteiger partial charge in [0.1, 0.15) is 0 Å². The largest absolute Gasteiger partial charge is 0.441 e. The third-order valence-electron chi connectivity index (χ3n) is 3.56. The lowest BCUT2D eigenvalue weighted by Gasteiger charge is -2.05. The lowest BCUT2D eigenvalue weighted by atomic mass is 10.1. The highest BCUT2D eigenvalue weighted by Crippen LogP contribution is 2.21. The van der Waals surface area contributed by atoms with Crippen LogP contribution in [-0.2, 0) is 16.0 Å². The maximum absolute atomic E-state index is 11.8. The van der Waals surface area contributed by atoms with Crippen LogP contribution in [0.5, 0.6) is 0 Å². The molecule has 0 saturated heterocycles. The summed E-state index contributed by atoms with van der Waals surface area (Å²) >= 11 is 0. The maximum Gasteiger partial charge on any atom is 0.220 e. The van der Waals surface area contributed by atoms with Crippen molar-refractivity contribution in [2.24, 2.45) is 0 Å². The number of oxazole rings is 1. The van der Waals surface area contributed by atoms with E-state index in [4.69, 9.17) is 9.15 Å². The molecule has 0 aliphatic heterocycles. The molecule has 0 atom stereocenters. The quantitative estimate of drug-likeness (QED) is 0.596. The van der Waals surface area contributed by atoms with Crippen LogP contribution in [0.15, 0.2) is 34.9 Å². The molecule has 0 bridgehead atoms. The molecule has 1 aromatic heterocycles. The Morgan fingerprint density at radius 3 is 2.58 bits per heavy atom. The predicted octanol–water partition coefficient (Wildman–Crippen LogP) is 2.78. The minimum Gasteiger partial charge on any atom is -0.441 e. The van der Waals surface area contributed by atoms with E-state index < -0.39 is 0 Å². The van der Waals surface area contributed by atoms with Gasteiger partial charge in [0, 0.05) is 45.1 Å². The van der Waals surface area contributed by atoms with Gasteiger partial charge in [0.15, 0.2) is 11.7 Å². The second-order valence-corrected chi connectivity index (χ2v) is 5.58. The van der Waals surface area contributed by atoms with Crippen molar-refractivity contribution in [3.63, 3.8) is 0 Å². The van der Waals surface area contributed by atoms with Crippen LogP contribution in [0.1, 0.15) is 17.9 Å². The lowest BCUT2D eigenvalue weighted by Crippen LogP contribution is -2.33. The maximum atomic E-state index is 11.8. The topological polar surface area (TPSA) is 76.4 Å². The summed E-state index contributed by atoms with van der Waals surface area (Å²) < 4.78 is 10.6. The molecule has 0 unspecified atom stereocenters. The van der Waals surface area contributed by atoms with E-state index in [1.807, 2.05) is 31.2 Å². The third kappa shape index (κ3) is 8.67. The van der Waals surface area contributed by atoms with Crippen molar-refractivity contribution in [1.82, 2.24) is 15.6 Å². The fourth-order valence-corrected chi connectivity index (χ4v) is 2.18. The monoisotopic (exact) mass is 403 g/mol. The van der Waals surface area contributed by atoms with Gasteiger partial charge in [0.2, 0.25) is 5.91 Å². The zero-order chi connectivity index (χ0) is 17.2. The number of aryl methyl sites for hydroxylation is 2. The Morgan fingerprint density at radius 2 is 1.88 bits per heavy atom. The molecule has 0 spiro atoms. The number of rotatable bonds is 10. The van der Waals surface area contributed by atoms with Crippen LogP contribution < -0.4 is 10.6 Å². The lowest BCUT2D eigenvalue weighted by molar-refractivity contribution is -0.121. The first kappa shape index (κ1) is 24.4. The van der Waals surface area contributed by atoms with Crippen molar-refractivity contribution < 1.29 is 13.9 Å². The second-order valence-electron chi connectivity index (χ2n) is 5.58. The van der Waals surface area contributed by atoms with Crippen LogP contribution in [-0.4, -0.2) is 44.2 Å². The minimum atomic E-state index is -0.00127. The molecule has 0 aliphatic rings. The Balaban J connectivity index is 0.00000312. The van der Waals surface area contributed by atoms with Gasteiger partial charge in [-0.25, -0.2) is 4.98 Å². The normalized spacial score (nSPS) is 9.92. The van der Waals surface area contributed by atoms with Crippen LogP contribution >= 0.6 is 24.8 Å². The van der Waals surface area contributed by atoms with Gasteiger partial charge in [-0.3, -0.25) is 4.79 Å². The third-order valence-corrected chi connectivity index (χ3v) is 3.56. The molecule has 1 heterocycles. The van der Waals surface area contributed by atoms with Gasteiger partial charge in [-0.1, -0.05) is 29.8 Å². The van der Waals surface area contributed by atoms with Gasteiger partial charge < -0.3 is 19.8 Å². The van der Waals surface area contributed by atoms with Crippen LogP contribution in [0.4, 0.5) is 0 Å². The zero-order valence-corrected chi connectivity index (χ0v) is 16.8. The molecule has 8 heteroatoms. The number of hydrogen-bond donors (Lipinski definition) is 2. The van der Waals surface area contributed by atoms with Crippen LogP contribution in [0.25, 0.3) is 11.3 Å². The highest BCUT2D eigenvalue weighted by atomic mass is 35.5. The molecule has 1 aromatic carbocycles. The van der Waals surface area contributed by atoms with E-state index in [-0.39, 0.29) is 30.7 Å². The molecular weight excluding hydrogens is 377 g/mol. The van der Waals surface area contributed by atoms with Crippen molar-refractivity contribution in [2.75, 3.05) is 33.4 Å². The standard InChI is InChI=1S/C18H25N3O3.2ClH/c1-14-3-5-15(6-4-14)16-13-21-18(24-16)8-7-17(22)20-10-9-19-11-12-23-2;;/h3-6,13,19H,7-12H2,1-2H3,(H,20,22);2*1H. The molecule has 146 valence electrons. The van der Waals surface area contributed by atoms with Crippen molar-refractivity contribution >= 4 is 30.7 Å². The summed E-state index contributed by atoms with van der Waals surface area (Å²) in [5.41, 5.74) is 2.19. The van der Waals surface area contributed by atoms with Gasteiger partial charge in [0.05, 0.1) is 12.8 Å². The SMILES string of the molecule is COCCNCCNC(=O)CCc1ncc(-c2ccc(C)cc2)o1.Cl.Cl. The first-order valence-corrected chi connectivity index (χ1v) is 8.17. The van der Waals surface area contributed by atoms with Crippen LogP contribution in [0.2, 0.25) is 0 Å². The second kappa shape index (κ2) is 13.6. The number of benzene rings is 1. The van der Waals surface area contributed by atoms with Gasteiger partial charge in [-0.15, -0.1) is 24.8 Å². The van der Waals surface area contributed by atoms with E-state index in [0.717, 1.165) is 24.4 Å². The number of ether oxygens (including phenoxy) is 1. The minimum absolute atomic E-state index is 0. The average Bonchev–Trinajstić information content (AvgIpc) is 3.06. The number of aromatic nitrogens is 1. The van der Waals surface area contributed by atoms with Crippen LogP contribution in [0.3, 0.4) is 0 Å². The van der Waals surface area contributed by atoms with E-state index in [0.29, 0.717) is 31.9 Å². The first-order chi connectivity index (χ1) is 11.7. The number of carbonyl (C=O) groups excluding carboxylic acids is 1. The molecule has 26 heavy (non-hydrogen) atoms. The van der Waals surface area contributed by atoms with Crippen molar-refractivity contribution in [1.29, 1.82) is 0 Å². The summed E-state index contributed by atoms with van der Waals surface area (Å²) in [5, 5.41) is 6.03. The van der Waals surface area contributed by atoms with Gasteiger partial charge in [0.25, 0.3) is 0 Å². The molecule has 0 saturated carbocycles. The number of halogens is 2. The van der Waals surface area contributed by atoms with E-state index in [1.165, 1.54) is 5.56 Å². The molecule has 0 radical (unpaired) electrons. The predicted molar refractivity (Wildman–Crippen MR) is 107 cm³/mol.